The Kier molecular flexibility index (Phi) is 3.22. The number of rotatable bonds is 3. The van der Waals surface area contributed by atoms with E-state index in [0.717, 1.165) is 11.8 Å². The normalized spacial score (nSPS) is 11.1. The molecule has 0 amide bonds. The predicted molar refractivity (Wildman–Crippen MR) is 61.8 cm³/mol. The minimum atomic E-state index is -0.556. The molecule has 2 rings (SSSR count). The lowest BCUT2D eigenvalue weighted by Gasteiger charge is -2.04. The van der Waals surface area contributed by atoms with Crippen LogP contribution >= 0.6 is 0 Å². The summed E-state index contributed by atoms with van der Waals surface area (Å²) >= 11 is 0. The predicted octanol–water partition coefficient (Wildman–Crippen LogP) is 3.33. The number of hydrogen-bond donors (Lipinski definition) is 0. The molecule has 2 nitrogen and oxygen atoms in total. The first kappa shape index (κ1) is 11.8. The Bertz CT molecular complexity index is 518. The van der Waals surface area contributed by atoms with Crippen LogP contribution in [0.3, 0.4) is 0 Å². The van der Waals surface area contributed by atoms with Crippen molar-refractivity contribution in [3.05, 3.63) is 53.6 Å². The Balaban J connectivity index is 2.19. The van der Waals surface area contributed by atoms with E-state index in [1.807, 2.05) is 20.0 Å². The average Bonchev–Trinajstić information content (AvgIpc) is 2.71. The summed E-state index contributed by atoms with van der Waals surface area (Å²) in [5.74, 6) is -0.737. The molecule has 0 radical (unpaired) electrons. The summed E-state index contributed by atoms with van der Waals surface area (Å²) in [7, 11) is 0. The maximum atomic E-state index is 13.4. The number of halogens is 2. The van der Waals surface area contributed by atoms with Gasteiger partial charge in [0.25, 0.3) is 0 Å². The highest BCUT2D eigenvalue weighted by atomic mass is 19.1. The second-order valence-corrected chi connectivity index (χ2v) is 4.36. The van der Waals surface area contributed by atoms with Gasteiger partial charge in [0.1, 0.15) is 11.6 Å². The van der Waals surface area contributed by atoms with Gasteiger partial charge in [-0.2, -0.15) is 0 Å². The molecule has 1 aromatic heterocycles. The molecule has 0 unspecified atom stereocenters. The highest BCUT2D eigenvalue weighted by Gasteiger charge is 2.07. The quantitative estimate of drug-likeness (QED) is 0.799. The number of hydrogen-bond acceptors (Lipinski definition) is 1. The van der Waals surface area contributed by atoms with Crippen molar-refractivity contribution < 1.29 is 8.78 Å². The summed E-state index contributed by atoms with van der Waals surface area (Å²) < 4.78 is 28.0. The van der Waals surface area contributed by atoms with E-state index in [-0.39, 0.29) is 0 Å². The van der Waals surface area contributed by atoms with Crippen LogP contribution < -0.4 is 0 Å². The summed E-state index contributed by atoms with van der Waals surface area (Å²) in [5, 5.41) is 0. The van der Waals surface area contributed by atoms with Crippen LogP contribution in [0.5, 0.6) is 0 Å². The van der Waals surface area contributed by atoms with E-state index in [4.69, 9.17) is 0 Å². The highest BCUT2D eigenvalue weighted by Crippen LogP contribution is 2.14. The molecule has 0 aliphatic heterocycles. The van der Waals surface area contributed by atoms with Crippen molar-refractivity contribution in [2.75, 3.05) is 0 Å². The number of aromatic nitrogens is 2. The van der Waals surface area contributed by atoms with Crippen LogP contribution in [0.4, 0.5) is 8.78 Å². The fraction of sp³-hybridized carbons (Fsp3) is 0.308. The summed E-state index contributed by atoms with van der Waals surface area (Å²) in [4.78, 5) is 4.23. The number of nitrogens with zero attached hydrogens (tertiary/aromatic N) is 2. The first-order valence-electron chi connectivity index (χ1n) is 5.52. The second-order valence-electron chi connectivity index (χ2n) is 4.36. The summed E-state index contributed by atoms with van der Waals surface area (Å²) in [6.45, 7) is 4.46. The van der Waals surface area contributed by atoms with Crippen molar-refractivity contribution in [3.63, 3.8) is 0 Å². The van der Waals surface area contributed by atoms with E-state index in [1.165, 1.54) is 12.1 Å². The minimum Gasteiger partial charge on any atom is -0.333 e. The van der Waals surface area contributed by atoms with Crippen molar-refractivity contribution in [1.29, 1.82) is 0 Å². The van der Waals surface area contributed by atoms with Gasteiger partial charge in [0, 0.05) is 17.8 Å². The van der Waals surface area contributed by atoms with Crippen LogP contribution in [-0.4, -0.2) is 9.55 Å². The lowest BCUT2D eigenvalue weighted by Crippen LogP contribution is -2.00. The van der Waals surface area contributed by atoms with Crippen molar-refractivity contribution in [3.8, 4) is 0 Å². The van der Waals surface area contributed by atoms with E-state index >= 15 is 0 Å². The minimum absolute atomic E-state index is 0.342. The number of benzene rings is 1. The molecule has 90 valence electrons. The van der Waals surface area contributed by atoms with Gasteiger partial charge in [-0.25, -0.2) is 13.8 Å². The van der Waals surface area contributed by atoms with Gasteiger partial charge < -0.3 is 4.57 Å². The van der Waals surface area contributed by atoms with Crippen molar-refractivity contribution in [1.82, 2.24) is 9.55 Å². The van der Waals surface area contributed by atoms with Gasteiger partial charge in [-0.05, 0) is 12.0 Å². The van der Waals surface area contributed by atoms with E-state index in [0.29, 0.717) is 18.0 Å². The molecule has 2 aromatic rings. The highest BCUT2D eigenvalue weighted by molar-refractivity contribution is 5.19. The Hall–Kier alpha value is -1.71. The third-order valence-corrected chi connectivity index (χ3v) is 2.61. The van der Waals surface area contributed by atoms with Gasteiger partial charge in [-0.3, -0.25) is 0 Å². The van der Waals surface area contributed by atoms with Gasteiger partial charge in [-0.1, -0.05) is 19.9 Å². The second kappa shape index (κ2) is 4.65. The van der Waals surface area contributed by atoms with E-state index in [1.54, 1.807) is 10.9 Å². The van der Waals surface area contributed by atoms with E-state index < -0.39 is 11.6 Å². The largest absolute Gasteiger partial charge is 0.333 e. The molecule has 0 aliphatic carbocycles. The monoisotopic (exact) mass is 236 g/mol. The summed E-state index contributed by atoms with van der Waals surface area (Å²) in [5.41, 5.74) is 1.42. The zero-order valence-corrected chi connectivity index (χ0v) is 9.82. The molecule has 0 bridgehead atoms. The van der Waals surface area contributed by atoms with Crippen molar-refractivity contribution >= 4 is 0 Å². The zero-order chi connectivity index (χ0) is 12.4. The van der Waals surface area contributed by atoms with Gasteiger partial charge in [0.2, 0.25) is 0 Å². The van der Waals surface area contributed by atoms with Crippen molar-refractivity contribution in [2.24, 2.45) is 0 Å². The van der Waals surface area contributed by atoms with E-state index in [9.17, 15) is 8.78 Å². The zero-order valence-electron chi connectivity index (χ0n) is 9.82. The molecule has 17 heavy (non-hydrogen) atoms. The molecule has 0 fully saturated rings. The molecule has 4 heteroatoms. The standard InChI is InChI=1S/C13H14F2N2/c1-9(2)13-7-17(8-16-13)6-10-3-4-11(14)5-12(10)15/h3-5,7-9H,6H2,1-2H3. The van der Waals surface area contributed by atoms with Crippen LogP contribution in [0.15, 0.2) is 30.7 Å². The molecular weight excluding hydrogens is 222 g/mol. The Labute approximate surface area is 98.9 Å². The molecule has 0 spiro atoms. The first-order chi connectivity index (χ1) is 8.06. The Morgan fingerprint density at radius 2 is 2.06 bits per heavy atom. The summed E-state index contributed by atoms with van der Waals surface area (Å²) in [6.07, 6.45) is 3.55. The molecule has 1 heterocycles. The topological polar surface area (TPSA) is 17.8 Å². The van der Waals surface area contributed by atoms with E-state index in [2.05, 4.69) is 4.98 Å². The van der Waals surface area contributed by atoms with Crippen LogP contribution in [-0.2, 0) is 6.54 Å². The SMILES string of the molecule is CC(C)c1cn(Cc2ccc(F)cc2F)cn1. The van der Waals surface area contributed by atoms with Gasteiger partial charge in [-0.15, -0.1) is 0 Å². The lowest BCUT2D eigenvalue weighted by atomic mass is 10.1. The smallest absolute Gasteiger partial charge is 0.131 e. The Morgan fingerprint density at radius 3 is 2.65 bits per heavy atom. The van der Waals surface area contributed by atoms with Gasteiger partial charge in [0.15, 0.2) is 0 Å². The van der Waals surface area contributed by atoms with Crippen molar-refractivity contribution in [2.45, 2.75) is 26.3 Å². The third-order valence-electron chi connectivity index (χ3n) is 2.61. The lowest BCUT2D eigenvalue weighted by molar-refractivity contribution is 0.566. The Morgan fingerprint density at radius 1 is 1.29 bits per heavy atom. The fourth-order valence-corrected chi connectivity index (χ4v) is 1.61. The molecule has 1 aromatic carbocycles. The van der Waals surface area contributed by atoms with Crippen LogP contribution in [0.1, 0.15) is 31.0 Å². The van der Waals surface area contributed by atoms with Crippen LogP contribution in [0.2, 0.25) is 0 Å². The number of imidazole rings is 1. The van der Waals surface area contributed by atoms with Crippen LogP contribution in [0.25, 0.3) is 0 Å². The summed E-state index contributed by atoms with van der Waals surface area (Å²) in [6, 6.07) is 3.62. The molecule has 0 saturated carbocycles. The molecule has 0 N–H and O–H groups in total. The third kappa shape index (κ3) is 2.70. The van der Waals surface area contributed by atoms with Crippen LogP contribution in [0, 0.1) is 11.6 Å². The van der Waals surface area contributed by atoms with Gasteiger partial charge >= 0.3 is 0 Å². The fourth-order valence-electron chi connectivity index (χ4n) is 1.61. The van der Waals surface area contributed by atoms with Gasteiger partial charge in [0.05, 0.1) is 18.6 Å². The first-order valence-corrected chi connectivity index (χ1v) is 5.52. The molecule has 0 atom stereocenters. The average molecular weight is 236 g/mol. The maximum absolute atomic E-state index is 13.4. The molecule has 0 saturated heterocycles. The molecule has 0 aliphatic rings. The molecular formula is C13H14F2N2. The maximum Gasteiger partial charge on any atom is 0.131 e.